The maximum Gasteiger partial charge on any atom is 0.423 e. The summed E-state index contributed by atoms with van der Waals surface area (Å²) in [6.07, 6.45) is -0.846. The van der Waals surface area contributed by atoms with Crippen molar-refractivity contribution in [3.05, 3.63) is 41.8 Å². The minimum absolute atomic E-state index is 0.0487. The molecule has 0 spiro atoms. The fourth-order valence-electron chi connectivity index (χ4n) is 2.75. The zero-order valence-electron chi connectivity index (χ0n) is 13.6. The zero-order chi connectivity index (χ0) is 18.0. The van der Waals surface area contributed by atoms with E-state index in [1.54, 1.807) is 7.05 Å². The molecule has 0 amide bonds. The minimum atomic E-state index is -4.60. The van der Waals surface area contributed by atoms with Crippen LogP contribution < -0.4 is 9.64 Å². The lowest BCUT2D eigenvalue weighted by atomic mass is 10.3. The van der Waals surface area contributed by atoms with Crippen LogP contribution in [0.1, 0.15) is 31.2 Å². The Morgan fingerprint density at radius 2 is 1.76 bits per heavy atom. The summed E-state index contributed by atoms with van der Waals surface area (Å²) < 4.78 is 58.2. The van der Waals surface area contributed by atoms with Gasteiger partial charge in [-0.05, 0) is 49.9 Å². The van der Waals surface area contributed by atoms with Crippen molar-refractivity contribution in [3.8, 4) is 5.88 Å². The Labute approximate surface area is 142 Å². The summed E-state index contributed by atoms with van der Waals surface area (Å²) in [5.74, 6) is -0.818. The Bertz CT molecular complexity index is 728. The van der Waals surface area contributed by atoms with E-state index in [1.807, 2.05) is 0 Å². The highest BCUT2D eigenvalue weighted by Gasteiger charge is 2.37. The molecule has 4 nitrogen and oxygen atoms in total. The van der Waals surface area contributed by atoms with Crippen LogP contribution in [-0.4, -0.2) is 23.1 Å². The van der Waals surface area contributed by atoms with Gasteiger partial charge in [-0.15, -0.1) is 0 Å². The summed E-state index contributed by atoms with van der Waals surface area (Å²) in [5, 5.41) is 0. The number of hydrogen-bond donors (Lipinski definition) is 0. The normalized spacial score (nSPS) is 15.4. The highest BCUT2D eigenvalue weighted by atomic mass is 19.4. The molecule has 1 heterocycles. The largest absolute Gasteiger partial charge is 0.474 e. The molecule has 1 aromatic carbocycles. The molecular formula is C17H17F4N3O. The SMILES string of the molecule is CN(c1ccc(F)cc1)c1ncc(C(F)(F)F)c(OC2CCCC2)n1. The summed E-state index contributed by atoms with van der Waals surface area (Å²) >= 11 is 0. The van der Waals surface area contributed by atoms with E-state index >= 15 is 0 Å². The van der Waals surface area contributed by atoms with Gasteiger partial charge in [-0.25, -0.2) is 9.37 Å². The quantitative estimate of drug-likeness (QED) is 0.744. The van der Waals surface area contributed by atoms with Crippen LogP contribution in [0.15, 0.2) is 30.5 Å². The fourth-order valence-corrected chi connectivity index (χ4v) is 2.75. The summed E-state index contributed by atoms with van der Waals surface area (Å²) in [6.45, 7) is 0. The Morgan fingerprint density at radius 1 is 1.12 bits per heavy atom. The number of ether oxygens (including phenoxy) is 1. The van der Waals surface area contributed by atoms with Crippen LogP contribution in [0.4, 0.5) is 29.2 Å². The van der Waals surface area contributed by atoms with Crippen molar-refractivity contribution in [2.45, 2.75) is 38.0 Å². The lowest BCUT2D eigenvalue weighted by Gasteiger charge is -2.21. The molecule has 2 aromatic rings. The van der Waals surface area contributed by atoms with E-state index in [2.05, 4.69) is 9.97 Å². The van der Waals surface area contributed by atoms with Gasteiger partial charge >= 0.3 is 6.18 Å². The maximum atomic E-state index is 13.2. The molecule has 0 unspecified atom stereocenters. The summed E-state index contributed by atoms with van der Waals surface area (Å²) in [4.78, 5) is 9.25. The molecule has 3 rings (SSSR count). The molecule has 0 bridgehead atoms. The monoisotopic (exact) mass is 355 g/mol. The number of hydrogen-bond acceptors (Lipinski definition) is 4. The van der Waals surface area contributed by atoms with E-state index in [0.717, 1.165) is 19.0 Å². The van der Waals surface area contributed by atoms with E-state index in [1.165, 1.54) is 29.2 Å². The molecule has 134 valence electrons. The van der Waals surface area contributed by atoms with Crippen molar-refractivity contribution in [2.24, 2.45) is 0 Å². The van der Waals surface area contributed by atoms with Gasteiger partial charge in [-0.1, -0.05) is 0 Å². The van der Waals surface area contributed by atoms with Crippen LogP contribution in [0, 0.1) is 5.82 Å². The third kappa shape index (κ3) is 4.00. The summed E-state index contributed by atoms with van der Waals surface area (Å²) in [5.41, 5.74) is -0.441. The highest BCUT2D eigenvalue weighted by molar-refractivity contribution is 5.56. The minimum Gasteiger partial charge on any atom is -0.474 e. The second kappa shape index (κ2) is 6.85. The molecule has 0 aliphatic heterocycles. The van der Waals surface area contributed by atoms with E-state index < -0.39 is 23.4 Å². The Kier molecular flexibility index (Phi) is 4.78. The van der Waals surface area contributed by atoms with Crippen LogP contribution in [0.5, 0.6) is 5.88 Å². The second-order valence-electron chi connectivity index (χ2n) is 5.95. The molecule has 25 heavy (non-hydrogen) atoms. The molecule has 1 aromatic heterocycles. The van der Waals surface area contributed by atoms with Gasteiger partial charge in [0.15, 0.2) is 0 Å². The molecule has 1 aliphatic carbocycles. The lowest BCUT2D eigenvalue weighted by molar-refractivity contribution is -0.139. The standard InChI is InChI=1S/C17H17F4N3O/c1-24(12-8-6-11(18)7-9-12)16-22-10-14(17(19,20)21)15(23-16)25-13-4-2-3-5-13/h6-10,13H,2-5H2,1H3. The van der Waals surface area contributed by atoms with Gasteiger partial charge in [-0.2, -0.15) is 18.2 Å². The van der Waals surface area contributed by atoms with Gasteiger partial charge in [0.1, 0.15) is 17.5 Å². The van der Waals surface area contributed by atoms with Crippen LogP contribution in [0.3, 0.4) is 0 Å². The average Bonchev–Trinajstić information content (AvgIpc) is 3.07. The molecule has 1 saturated carbocycles. The molecule has 0 saturated heterocycles. The number of nitrogens with zero attached hydrogens (tertiary/aromatic N) is 3. The molecule has 1 aliphatic rings. The predicted octanol–water partition coefficient (Wildman–Crippen LogP) is 4.72. The van der Waals surface area contributed by atoms with Crippen molar-refractivity contribution in [3.63, 3.8) is 0 Å². The maximum absolute atomic E-state index is 13.2. The van der Waals surface area contributed by atoms with Gasteiger partial charge in [0.2, 0.25) is 11.8 Å². The molecule has 0 atom stereocenters. The summed E-state index contributed by atoms with van der Waals surface area (Å²) in [6, 6.07) is 5.50. The van der Waals surface area contributed by atoms with E-state index in [9.17, 15) is 17.6 Å². The summed E-state index contributed by atoms with van der Waals surface area (Å²) in [7, 11) is 1.59. The Morgan fingerprint density at radius 3 is 2.36 bits per heavy atom. The molecule has 0 N–H and O–H groups in total. The molecule has 8 heteroatoms. The first-order chi connectivity index (χ1) is 11.8. The van der Waals surface area contributed by atoms with Crippen LogP contribution in [0.2, 0.25) is 0 Å². The van der Waals surface area contributed by atoms with Gasteiger partial charge in [0, 0.05) is 18.9 Å². The predicted molar refractivity (Wildman–Crippen MR) is 84.4 cm³/mol. The average molecular weight is 355 g/mol. The van der Waals surface area contributed by atoms with Crippen molar-refractivity contribution in [2.75, 3.05) is 11.9 Å². The third-order valence-corrected chi connectivity index (χ3v) is 4.14. The van der Waals surface area contributed by atoms with Gasteiger partial charge in [0.25, 0.3) is 0 Å². The van der Waals surface area contributed by atoms with Crippen LogP contribution in [0.25, 0.3) is 0 Å². The topological polar surface area (TPSA) is 38.2 Å². The van der Waals surface area contributed by atoms with E-state index in [4.69, 9.17) is 4.74 Å². The van der Waals surface area contributed by atoms with Gasteiger partial charge in [0.05, 0.1) is 0 Å². The third-order valence-electron chi connectivity index (χ3n) is 4.14. The molecule has 1 fully saturated rings. The van der Waals surface area contributed by atoms with Crippen LogP contribution in [-0.2, 0) is 6.18 Å². The first-order valence-electron chi connectivity index (χ1n) is 7.95. The number of anilines is 2. The lowest BCUT2D eigenvalue weighted by Crippen LogP contribution is -2.20. The Balaban J connectivity index is 1.93. The van der Waals surface area contributed by atoms with Crippen molar-refractivity contribution in [1.29, 1.82) is 0 Å². The number of aromatic nitrogens is 2. The van der Waals surface area contributed by atoms with Crippen LogP contribution >= 0.6 is 0 Å². The number of alkyl halides is 3. The first kappa shape index (κ1) is 17.4. The second-order valence-corrected chi connectivity index (χ2v) is 5.95. The smallest absolute Gasteiger partial charge is 0.423 e. The number of rotatable bonds is 4. The van der Waals surface area contributed by atoms with Crippen molar-refractivity contribution < 1.29 is 22.3 Å². The zero-order valence-corrected chi connectivity index (χ0v) is 13.6. The number of benzene rings is 1. The van der Waals surface area contributed by atoms with Crippen molar-refractivity contribution >= 4 is 11.6 Å². The van der Waals surface area contributed by atoms with Gasteiger partial charge in [-0.3, -0.25) is 0 Å². The first-order valence-corrected chi connectivity index (χ1v) is 7.95. The molecular weight excluding hydrogens is 338 g/mol. The number of halogens is 4. The Hall–Kier alpha value is -2.38. The van der Waals surface area contributed by atoms with E-state index in [0.29, 0.717) is 18.5 Å². The van der Waals surface area contributed by atoms with Gasteiger partial charge < -0.3 is 9.64 Å². The fraction of sp³-hybridized carbons (Fsp3) is 0.412. The van der Waals surface area contributed by atoms with E-state index in [-0.39, 0.29) is 12.1 Å². The molecule has 0 radical (unpaired) electrons. The highest BCUT2D eigenvalue weighted by Crippen LogP contribution is 2.37. The van der Waals surface area contributed by atoms with Crippen molar-refractivity contribution in [1.82, 2.24) is 9.97 Å².